The fourth-order valence-corrected chi connectivity index (χ4v) is 2.92. The third-order valence-electron chi connectivity index (χ3n) is 3.06. The van der Waals surface area contributed by atoms with E-state index in [0.29, 0.717) is 6.54 Å². The van der Waals surface area contributed by atoms with E-state index >= 15 is 0 Å². The molecule has 0 amide bonds. The molecule has 0 saturated carbocycles. The molecular formula is C13H23N3OS. The molecule has 1 aliphatic heterocycles. The Hall–Kier alpha value is -0.490. The maximum Gasteiger partial charge on any atom is 0.0982 e. The highest BCUT2D eigenvalue weighted by Gasteiger charge is 2.22. The molecular weight excluding hydrogens is 246 g/mol. The SMILES string of the molecule is CC(C)(C)c1nc(CN2CCOC(CN)C2)cs1. The first-order valence-corrected chi connectivity index (χ1v) is 7.36. The van der Waals surface area contributed by atoms with E-state index in [-0.39, 0.29) is 11.5 Å². The number of hydrogen-bond acceptors (Lipinski definition) is 5. The second-order valence-corrected chi connectivity index (χ2v) is 6.72. The van der Waals surface area contributed by atoms with E-state index in [1.165, 1.54) is 10.7 Å². The molecule has 2 N–H and O–H groups in total. The summed E-state index contributed by atoms with van der Waals surface area (Å²) in [6, 6.07) is 0. The zero-order valence-corrected chi connectivity index (χ0v) is 12.3. The largest absolute Gasteiger partial charge is 0.374 e. The fourth-order valence-electron chi connectivity index (χ4n) is 2.02. The third-order valence-corrected chi connectivity index (χ3v) is 4.38. The van der Waals surface area contributed by atoms with Gasteiger partial charge in [0, 0.05) is 37.0 Å². The van der Waals surface area contributed by atoms with E-state index in [2.05, 4.69) is 31.1 Å². The van der Waals surface area contributed by atoms with Crippen molar-refractivity contribution in [2.24, 2.45) is 5.73 Å². The normalized spacial score (nSPS) is 22.3. The van der Waals surface area contributed by atoms with Gasteiger partial charge in [-0.3, -0.25) is 4.90 Å². The smallest absolute Gasteiger partial charge is 0.0982 e. The molecule has 1 fully saturated rings. The highest BCUT2D eigenvalue weighted by molar-refractivity contribution is 7.09. The molecule has 0 spiro atoms. The number of morpholine rings is 1. The molecule has 0 radical (unpaired) electrons. The van der Waals surface area contributed by atoms with E-state index < -0.39 is 0 Å². The van der Waals surface area contributed by atoms with Crippen LogP contribution in [0.15, 0.2) is 5.38 Å². The van der Waals surface area contributed by atoms with Crippen LogP contribution in [0.4, 0.5) is 0 Å². The lowest BCUT2D eigenvalue weighted by atomic mass is 9.98. The van der Waals surface area contributed by atoms with Crippen LogP contribution in [-0.2, 0) is 16.7 Å². The highest BCUT2D eigenvalue weighted by atomic mass is 32.1. The van der Waals surface area contributed by atoms with Crippen molar-refractivity contribution >= 4 is 11.3 Å². The Morgan fingerprint density at radius 3 is 2.94 bits per heavy atom. The van der Waals surface area contributed by atoms with Crippen LogP contribution in [0.5, 0.6) is 0 Å². The Kier molecular flexibility index (Phi) is 4.37. The summed E-state index contributed by atoms with van der Waals surface area (Å²) in [4.78, 5) is 7.11. The molecule has 1 unspecified atom stereocenters. The van der Waals surface area contributed by atoms with Crippen LogP contribution >= 0.6 is 11.3 Å². The molecule has 2 rings (SSSR count). The van der Waals surface area contributed by atoms with Crippen molar-refractivity contribution in [3.8, 4) is 0 Å². The van der Waals surface area contributed by atoms with Crippen molar-refractivity contribution in [3.05, 3.63) is 16.1 Å². The van der Waals surface area contributed by atoms with Crippen molar-refractivity contribution in [2.45, 2.75) is 38.8 Å². The van der Waals surface area contributed by atoms with Crippen molar-refractivity contribution in [2.75, 3.05) is 26.2 Å². The first-order valence-electron chi connectivity index (χ1n) is 6.48. The molecule has 4 nitrogen and oxygen atoms in total. The number of ether oxygens (including phenoxy) is 1. The second kappa shape index (κ2) is 5.65. The molecule has 102 valence electrons. The van der Waals surface area contributed by atoms with Crippen molar-refractivity contribution in [3.63, 3.8) is 0 Å². The third kappa shape index (κ3) is 3.51. The van der Waals surface area contributed by atoms with Crippen LogP contribution in [0.3, 0.4) is 0 Å². The molecule has 18 heavy (non-hydrogen) atoms. The van der Waals surface area contributed by atoms with Crippen LogP contribution in [0.2, 0.25) is 0 Å². The lowest BCUT2D eigenvalue weighted by Gasteiger charge is -2.31. The molecule has 2 heterocycles. The summed E-state index contributed by atoms with van der Waals surface area (Å²) in [5.41, 5.74) is 6.97. The maximum absolute atomic E-state index is 5.65. The Balaban J connectivity index is 1.95. The Morgan fingerprint density at radius 1 is 1.56 bits per heavy atom. The van der Waals surface area contributed by atoms with Gasteiger partial charge in [0.2, 0.25) is 0 Å². The first-order chi connectivity index (χ1) is 8.49. The number of rotatable bonds is 3. The number of nitrogens with two attached hydrogens (primary N) is 1. The van der Waals surface area contributed by atoms with Gasteiger partial charge in [0.15, 0.2) is 0 Å². The first kappa shape index (κ1) is 13.9. The second-order valence-electron chi connectivity index (χ2n) is 5.86. The summed E-state index contributed by atoms with van der Waals surface area (Å²) in [7, 11) is 0. The van der Waals surface area contributed by atoms with Gasteiger partial charge in [-0.2, -0.15) is 0 Å². The van der Waals surface area contributed by atoms with Gasteiger partial charge in [-0.05, 0) is 0 Å². The van der Waals surface area contributed by atoms with Gasteiger partial charge in [0.25, 0.3) is 0 Å². The molecule has 0 bridgehead atoms. The summed E-state index contributed by atoms with van der Waals surface area (Å²) >= 11 is 1.76. The fraction of sp³-hybridized carbons (Fsp3) is 0.769. The quantitative estimate of drug-likeness (QED) is 0.905. The molecule has 1 aromatic heterocycles. The maximum atomic E-state index is 5.65. The molecule has 1 aliphatic rings. The van der Waals surface area contributed by atoms with Gasteiger partial charge in [0.1, 0.15) is 0 Å². The molecule has 0 aliphatic carbocycles. The molecule has 5 heteroatoms. The minimum Gasteiger partial charge on any atom is -0.374 e. The highest BCUT2D eigenvalue weighted by Crippen LogP contribution is 2.26. The zero-order chi connectivity index (χ0) is 13.2. The van der Waals surface area contributed by atoms with E-state index in [1.807, 2.05) is 0 Å². The van der Waals surface area contributed by atoms with Crippen LogP contribution in [0, 0.1) is 0 Å². The van der Waals surface area contributed by atoms with Gasteiger partial charge in [-0.25, -0.2) is 4.98 Å². The lowest BCUT2D eigenvalue weighted by Crippen LogP contribution is -2.45. The Bertz CT molecular complexity index is 386. The van der Waals surface area contributed by atoms with Gasteiger partial charge < -0.3 is 10.5 Å². The van der Waals surface area contributed by atoms with Crippen molar-refractivity contribution in [1.82, 2.24) is 9.88 Å². The summed E-state index contributed by atoms with van der Waals surface area (Å²) in [5.74, 6) is 0. The van der Waals surface area contributed by atoms with Gasteiger partial charge >= 0.3 is 0 Å². The monoisotopic (exact) mass is 269 g/mol. The van der Waals surface area contributed by atoms with Gasteiger partial charge in [-0.1, -0.05) is 20.8 Å². The predicted octanol–water partition coefficient (Wildman–Crippen LogP) is 1.60. The Labute approximate surface area is 113 Å². The van der Waals surface area contributed by atoms with Crippen LogP contribution in [0.25, 0.3) is 0 Å². The number of hydrogen-bond donors (Lipinski definition) is 1. The summed E-state index contributed by atoms with van der Waals surface area (Å²) in [5, 5.41) is 3.38. The minimum absolute atomic E-state index is 0.147. The number of thiazole rings is 1. The standard InChI is InChI=1S/C13H23N3OS/c1-13(2,3)12-15-10(9-18-12)7-16-4-5-17-11(6-14)8-16/h9,11H,4-8,14H2,1-3H3. The predicted molar refractivity (Wildman–Crippen MR) is 74.9 cm³/mol. The minimum atomic E-state index is 0.147. The van der Waals surface area contributed by atoms with E-state index in [4.69, 9.17) is 15.5 Å². The molecule has 1 saturated heterocycles. The molecule has 1 aromatic rings. The molecule has 1 atom stereocenters. The van der Waals surface area contributed by atoms with Crippen molar-refractivity contribution < 1.29 is 4.74 Å². The van der Waals surface area contributed by atoms with Crippen LogP contribution in [0.1, 0.15) is 31.5 Å². The molecule has 0 aromatic carbocycles. The summed E-state index contributed by atoms with van der Waals surface area (Å²) < 4.78 is 5.57. The zero-order valence-electron chi connectivity index (χ0n) is 11.5. The number of aromatic nitrogens is 1. The lowest BCUT2D eigenvalue weighted by molar-refractivity contribution is -0.0263. The van der Waals surface area contributed by atoms with Gasteiger partial charge in [-0.15, -0.1) is 11.3 Å². The summed E-state index contributed by atoms with van der Waals surface area (Å²) in [6.45, 7) is 10.8. The Morgan fingerprint density at radius 2 is 2.33 bits per heavy atom. The van der Waals surface area contributed by atoms with Crippen LogP contribution < -0.4 is 5.73 Å². The average molecular weight is 269 g/mol. The summed E-state index contributed by atoms with van der Waals surface area (Å²) in [6.07, 6.45) is 0.180. The number of nitrogens with zero attached hydrogens (tertiary/aromatic N) is 2. The van der Waals surface area contributed by atoms with Crippen molar-refractivity contribution in [1.29, 1.82) is 0 Å². The van der Waals surface area contributed by atoms with Crippen LogP contribution in [-0.4, -0.2) is 42.2 Å². The van der Waals surface area contributed by atoms with Gasteiger partial charge in [0.05, 0.1) is 23.4 Å². The average Bonchev–Trinajstić information content (AvgIpc) is 2.77. The van der Waals surface area contributed by atoms with E-state index in [0.717, 1.165) is 26.2 Å². The van der Waals surface area contributed by atoms with E-state index in [1.54, 1.807) is 11.3 Å². The van der Waals surface area contributed by atoms with E-state index in [9.17, 15) is 0 Å². The topological polar surface area (TPSA) is 51.4 Å².